The number of hydrogen-bond acceptors (Lipinski definition) is 1. The van der Waals surface area contributed by atoms with E-state index in [9.17, 15) is 0 Å². The summed E-state index contributed by atoms with van der Waals surface area (Å²) >= 11 is 0. The van der Waals surface area contributed by atoms with E-state index in [2.05, 4.69) is 57.7 Å². The third kappa shape index (κ3) is 3.67. The monoisotopic (exact) mass is 195 g/mol. The van der Waals surface area contributed by atoms with Crippen molar-refractivity contribution in [2.24, 2.45) is 0 Å². The van der Waals surface area contributed by atoms with Crippen LogP contribution in [0.3, 0.4) is 0 Å². The zero-order valence-corrected chi connectivity index (χ0v) is 10.4. The third-order valence-corrected chi connectivity index (χ3v) is 2.72. The van der Waals surface area contributed by atoms with Crippen molar-refractivity contribution >= 4 is 0 Å². The van der Waals surface area contributed by atoms with Gasteiger partial charge in [-0.2, -0.15) is 0 Å². The summed E-state index contributed by atoms with van der Waals surface area (Å²) in [6.45, 7) is 13.2. The molecule has 1 atom stereocenters. The zero-order chi connectivity index (χ0) is 11.0. The molecule has 0 aliphatic heterocycles. The Morgan fingerprint density at radius 3 is 2.00 bits per heavy atom. The molecule has 0 saturated carbocycles. The molecular weight excluding hydrogens is 170 g/mol. The maximum Gasteiger partial charge on any atom is 0.0341 e. The van der Waals surface area contributed by atoms with E-state index >= 15 is 0 Å². The maximum atomic E-state index is 2.51. The van der Waals surface area contributed by atoms with Crippen molar-refractivity contribution in [3.63, 3.8) is 0 Å². The van der Waals surface area contributed by atoms with Crippen LogP contribution in [0.15, 0.2) is 23.8 Å². The molecule has 0 radical (unpaired) electrons. The fourth-order valence-corrected chi connectivity index (χ4v) is 1.96. The van der Waals surface area contributed by atoms with Crippen molar-refractivity contribution in [1.29, 1.82) is 0 Å². The van der Waals surface area contributed by atoms with Gasteiger partial charge in [0.05, 0.1) is 0 Å². The SMILES string of the molecule is C/C=C(/C=C/C)C(CC)N(CC)CC. The quantitative estimate of drug-likeness (QED) is 0.585. The van der Waals surface area contributed by atoms with Crippen LogP contribution >= 0.6 is 0 Å². The molecule has 0 heterocycles. The number of nitrogens with zero attached hydrogens (tertiary/aromatic N) is 1. The van der Waals surface area contributed by atoms with Crippen LogP contribution in [0, 0.1) is 0 Å². The Morgan fingerprint density at radius 1 is 1.14 bits per heavy atom. The largest absolute Gasteiger partial charge is 0.297 e. The Morgan fingerprint density at radius 2 is 1.71 bits per heavy atom. The molecular formula is C13H25N. The van der Waals surface area contributed by atoms with Crippen molar-refractivity contribution < 1.29 is 0 Å². The summed E-state index contributed by atoms with van der Waals surface area (Å²) in [5.74, 6) is 0. The van der Waals surface area contributed by atoms with E-state index in [4.69, 9.17) is 0 Å². The number of likely N-dealkylation sites (N-methyl/N-ethyl adjacent to an activating group) is 1. The number of allylic oxidation sites excluding steroid dienone is 2. The highest BCUT2D eigenvalue weighted by Gasteiger charge is 2.15. The molecule has 82 valence electrons. The van der Waals surface area contributed by atoms with Gasteiger partial charge in [0.1, 0.15) is 0 Å². The normalized spacial score (nSPS) is 15.4. The molecule has 0 aromatic rings. The summed E-state index contributed by atoms with van der Waals surface area (Å²) in [5.41, 5.74) is 1.44. The summed E-state index contributed by atoms with van der Waals surface area (Å²) in [5, 5.41) is 0. The zero-order valence-electron chi connectivity index (χ0n) is 10.4. The Kier molecular flexibility index (Phi) is 7.50. The molecule has 0 amide bonds. The second-order valence-corrected chi connectivity index (χ2v) is 3.43. The van der Waals surface area contributed by atoms with Crippen molar-refractivity contribution in [2.45, 2.75) is 47.1 Å². The van der Waals surface area contributed by atoms with Gasteiger partial charge in [-0.1, -0.05) is 39.0 Å². The third-order valence-electron chi connectivity index (χ3n) is 2.72. The molecule has 0 N–H and O–H groups in total. The Balaban J connectivity index is 4.66. The summed E-state index contributed by atoms with van der Waals surface area (Å²) in [4.78, 5) is 2.51. The van der Waals surface area contributed by atoms with Crippen molar-refractivity contribution in [2.75, 3.05) is 13.1 Å². The van der Waals surface area contributed by atoms with E-state index in [0.29, 0.717) is 6.04 Å². The Bertz CT molecular complexity index is 187. The highest BCUT2D eigenvalue weighted by Crippen LogP contribution is 2.15. The second kappa shape index (κ2) is 7.81. The van der Waals surface area contributed by atoms with Gasteiger partial charge in [0.25, 0.3) is 0 Å². The van der Waals surface area contributed by atoms with Crippen LogP contribution < -0.4 is 0 Å². The predicted octanol–water partition coefficient (Wildman–Crippen LogP) is 3.63. The molecule has 0 fully saturated rings. The summed E-state index contributed by atoms with van der Waals surface area (Å²) < 4.78 is 0. The molecule has 0 bridgehead atoms. The van der Waals surface area contributed by atoms with E-state index in [1.54, 1.807) is 0 Å². The van der Waals surface area contributed by atoms with Gasteiger partial charge in [-0.05, 0) is 38.9 Å². The minimum Gasteiger partial charge on any atom is -0.297 e. The van der Waals surface area contributed by atoms with E-state index in [-0.39, 0.29) is 0 Å². The fraction of sp³-hybridized carbons (Fsp3) is 0.692. The molecule has 0 aromatic carbocycles. The summed E-state index contributed by atoms with van der Waals surface area (Å²) in [6.07, 6.45) is 7.77. The number of rotatable bonds is 6. The molecule has 0 aliphatic carbocycles. The minimum atomic E-state index is 0.589. The average molecular weight is 195 g/mol. The first-order valence-electron chi connectivity index (χ1n) is 5.77. The van der Waals surface area contributed by atoms with Crippen molar-refractivity contribution in [3.05, 3.63) is 23.8 Å². The van der Waals surface area contributed by atoms with Crippen LogP contribution in [-0.2, 0) is 0 Å². The molecule has 14 heavy (non-hydrogen) atoms. The maximum absolute atomic E-state index is 2.51. The van der Waals surface area contributed by atoms with Crippen LogP contribution in [0.5, 0.6) is 0 Å². The lowest BCUT2D eigenvalue weighted by atomic mass is 10.0. The fourth-order valence-electron chi connectivity index (χ4n) is 1.96. The van der Waals surface area contributed by atoms with Gasteiger partial charge in [-0.3, -0.25) is 4.90 Å². The summed E-state index contributed by atoms with van der Waals surface area (Å²) in [6, 6.07) is 0.589. The highest BCUT2D eigenvalue weighted by atomic mass is 15.1. The number of hydrogen-bond donors (Lipinski definition) is 0. The van der Waals surface area contributed by atoms with Gasteiger partial charge in [0.2, 0.25) is 0 Å². The minimum absolute atomic E-state index is 0.589. The van der Waals surface area contributed by atoms with Crippen LogP contribution in [-0.4, -0.2) is 24.0 Å². The smallest absolute Gasteiger partial charge is 0.0341 e. The lowest BCUT2D eigenvalue weighted by molar-refractivity contribution is 0.242. The first-order valence-corrected chi connectivity index (χ1v) is 5.77. The van der Waals surface area contributed by atoms with Gasteiger partial charge < -0.3 is 0 Å². The van der Waals surface area contributed by atoms with Crippen LogP contribution in [0.2, 0.25) is 0 Å². The van der Waals surface area contributed by atoms with Crippen LogP contribution in [0.1, 0.15) is 41.0 Å². The van der Waals surface area contributed by atoms with Gasteiger partial charge in [0, 0.05) is 6.04 Å². The van der Waals surface area contributed by atoms with Gasteiger partial charge in [-0.25, -0.2) is 0 Å². The van der Waals surface area contributed by atoms with Crippen LogP contribution in [0.4, 0.5) is 0 Å². The van der Waals surface area contributed by atoms with E-state index in [1.807, 2.05) is 0 Å². The van der Waals surface area contributed by atoms with E-state index in [1.165, 1.54) is 12.0 Å². The molecule has 0 aliphatic rings. The molecule has 0 saturated heterocycles. The molecule has 1 unspecified atom stereocenters. The second-order valence-electron chi connectivity index (χ2n) is 3.43. The summed E-state index contributed by atoms with van der Waals surface area (Å²) in [7, 11) is 0. The van der Waals surface area contributed by atoms with E-state index in [0.717, 1.165) is 13.1 Å². The van der Waals surface area contributed by atoms with Crippen molar-refractivity contribution in [1.82, 2.24) is 4.90 Å². The molecule has 0 aromatic heterocycles. The lowest BCUT2D eigenvalue weighted by Crippen LogP contribution is -2.35. The van der Waals surface area contributed by atoms with Crippen molar-refractivity contribution in [3.8, 4) is 0 Å². The molecule has 1 nitrogen and oxygen atoms in total. The van der Waals surface area contributed by atoms with E-state index < -0.39 is 0 Å². The molecule has 0 rings (SSSR count). The van der Waals surface area contributed by atoms with Crippen LogP contribution in [0.25, 0.3) is 0 Å². The molecule has 0 spiro atoms. The predicted molar refractivity (Wildman–Crippen MR) is 65.6 cm³/mol. The van der Waals surface area contributed by atoms with Gasteiger partial charge in [-0.15, -0.1) is 0 Å². The Labute approximate surface area is 89.5 Å². The first-order chi connectivity index (χ1) is 6.74. The van der Waals surface area contributed by atoms with Gasteiger partial charge >= 0.3 is 0 Å². The topological polar surface area (TPSA) is 3.24 Å². The average Bonchev–Trinajstić information content (AvgIpc) is 2.23. The first kappa shape index (κ1) is 13.4. The van der Waals surface area contributed by atoms with Gasteiger partial charge in [0.15, 0.2) is 0 Å². The Hall–Kier alpha value is -0.560. The molecule has 1 heteroatoms. The highest BCUT2D eigenvalue weighted by molar-refractivity contribution is 5.23. The lowest BCUT2D eigenvalue weighted by Gasteiger charge is -2.29. The standard InChI is InChI=1S/C13H25N/c1-6-11-12(7-2)13(8-3)14(9-4)10-5/h6-7,11,13H,8-10H2,1-5H3/b11-6+,12-7-.